The summed E-state index contributed by atoms with van der Waals surface area (Å²) in [7, 11) is 0. The third-order valence-electron chi connectivity index (χ3n) is 3.28. The molecule has 0 aromatic carbocycles. The Morgan fingerprint density at radius 1 is 1.16 bits per heavy atom. The van der Waals surface area contributed by atoms with Crippen molar-refractivity contribution in [2.45, 2.75) is 70.2 Å². The van der Waals surface area contributed by atoms with Crippen molar-refractivity contribution in [2.24, 2.45) is 0 Å². The molecule has 0 unspecified atom stereocenters. The lowest BCUT2D eigenvalue weighted by atomic mass is 10.00. The van der Waals surface area contributed by atoms with Gasteiger partial charge in [-0.3, -0.25) is 4.79 Å². The van der Waals surface area contributed by atoms with Crippen molar-refractivity contribution in [1.82, 2.24) is 0 Å². The molecule has 112 valence electrons. The normalized spacial score (nSPS) is 35.3. The maximum Gasteiger partial charge on any atom is 0.187 e. The number of aliphatic hydroxyl groups is 3. The van der Waals surface area contributed by atoms with E-state index in [2.05, 4.69) is 6.92 Å². The predicted octanol–water partition coefficient (Wildman–Crippen LogP) is -0.0201. The number of ether oxygens (including phenoxy) is 2. The van der Waals surface area contributed by atoms with Crippen LogP contribution in [0.1, 0.15) is 39.5 Å². The quantitative estimate of drug-likeness (QED) is 0.566. The van der Waals surface area contributed by atoms with Gasteiger partial charge in [0.05, 0.1) is 6.10 Å². The van der Waals surface area contributed by atoms with Gasteiger partial charge in [0.25, 0.3) is 0 Å². The summed E-state index contributed by atoms with van der Waals surface area (Å²) < 4.78 is 10.4. The number of ketones is 1. The van der Waals surface area contributed by atoms with E-state index in [0.29, 0.717) is 6.42 Å². The van der Waals surface area contributed by atoms with Gasteiger partial charge in [0, 0.05) is 6.42 Å². The lowest BCUT2D eigenvalue weighted by molar-refractivity contribution is -0.291. The molecule has 0 aliphatic carbocycles. The summed E-state index contributed by atoms with van der Waals surface area (Å²) in [5.74, 6) is -0.0579. The molecule has 3 N–H and O–H groups in total. The zero-order chi connectivity index (χ0) is 14.4. The number of rotatable bonds is 7. The second-order valence-corrected chi connectivity index (χ2v) is 4.99. The average Bonchev–Trinajstić information content (AvgIpc) is 2.39. The minimum absolute atomic E-state index is 0.0579. The van der Waals surface area contributed by atoms with Crippen LogP contribution in [0.15, 0.2) is 0 Å². The first-order valence-corrected chi connectivity index (χ1v) is 6.80. The van der Waals surface area contributed by atoms with E-state index in [0.717, 1.165) is 19.3 Å². The molecule has 0 saturated carbocycles. The Kier molecular flexibility index (Phi) is 6.88. The molecule has 0 amide bonds. The summed E-state index contributed by atoms with van der Waals surface area (Å²) in [6.07, 6.45) is -2.27. The molecule has 0 spiro atoms. The van der Waals surface area contributed by atoms with Gasteiger partial charge < -0.3 is 24.8 Å². The van der Waals surface area contributed by atoms with Gasteiger partial charge in [-0.25, -0.2) is 0 Å². The van der Waals surface area contributed by atoms with Crippen LogP contribution in [0.4, 0.5) is 0 Å². The number of carbonyl (C=O) groups is 1. The van der Waals surface area contributed by atoms with Crippen LogP contribution in [-0.2, 0) is 14.3 Å². The van der Waals surface area contributed by atoms with E-state index in [4.69, 9.17) is 9.47 Å². The number of aliphatic hydroxyl groups excluding tert-OH is 3. The van der Waals surface area contributed by atoms with Gasteiger partial charge in [-0.1, -0.05) is 19.8 Å². The van der Waals surface area contributed by atoms with E-state index in [-0.39, 0.29) is 12.4 Å². The molecule has 6 nitrogen and oxygen atoms in total. The summed E-state index contributed by atoms with van der Waals surface area (Å²) in [6, 6.07) is 0. The second kappa shape index (κ2) is 7.91. The maximum absolute atomic E-state index is 11.5. The first-order chi connectivity index (χ1) is 8.97. The van der Waals surface area contributed by atoms with Crippen molar-refractivity contribution in [1.29, 1.82) is 0 Å². The Morgan fingerprint density at radius 2 is 1.84 bits per heavy atom. The third-order valence-corrected chi connectivity index (χ3v) is 3.28. The largest absolute Gasteiger partial charge is 0.388 e. The first kappa shape index (κ1) is 16.5. The van der Waals surface area contributed by atoms with E-state index in [1.54, 1.807) is 6.92 Å². The van der Waals surface area contributed by atoms with Crippen molar-refractivity contribution in [3.8, 4) is 0 Å². The monoisotopic (exact) mass is 276 g/mol. The van der Waals surface area contributed by atoms with Crippen LogP contribution >= 0.6 is 0 Å². The van der Waals surface area contributed by atoms with Crippen molar-refractivity contribution in [2.75, 3.05) is 6.61 Å². The number of hydrogen-bond acceptors (Lipinski definition) is 6. The number of unbranched alkanes of at least 4 members (excludes halogenated alkanes) is 2. The lowest BCUT2D eigenvalue weighted by Crippen LogP contribution is -2.57. The molecule has 1 aliphatic rings. The minimum atomic E-state index is -1.35. The first-order valence-electron chi connectivity index (χ1n) is 6.80. The highest BCUT2D eigenvalue weighted by molar-refractivity contribution is 5.79. The molecule has 0 bridgehead atoms. The fourth-order valence-electron chi connectivity index (χ4n) is 1.97. The van der Waals surface area contributed by atoms with Gasteiger partial charge in [0.15, 0.2) is 12.1 Å². The number of carbonyl (C=O) groups excluding carboxylic acids is 1. The smallest absolute Gasteiger partial charge is 0.187 e. The summed E-state index contributed by atoms with van der Waals surface area (Å²) in [5.41, 5.74) is 0. The number of hydrogen-bond donors (Lipinski definition) is 3. The molecule has 19 heavy (non-hydrogen) atoms. The molecule has 0 aromatic heterocycles. The predicted molar refractivity (Wildman–Crippen MR) is 67.5 cm³/mol. The Morgan fingerprint density at radius 3 is 2.47 bits per heavy atom. The maximum atomic E-state index is 11.5. The molecule has 1 rings (SSSR count). The highest BCUT2D eigenvalue weighted by Gasteiger charge is 2.42. The molecular formula is C13H24O6. The van der Waals surface area contributed by atoms with E-state index >= 15 is 0 Å². The lowest BCUT2D eigenvalue weighted by Gasteiger charge is -2.38. The SMILES string of the molecule is CCCCCC(=O)CO[C@H]1O[C@@H](C)[C@@H](O)[C@@H](O)[C@@H]1O. The van der Waals surface area contributed by atoms with E-state index in [1.165, 1.54) is 0 Å². The van der Waals surface area contributed by atoms with Gasteiger partial charge >= 0.3 is 0 Å². The molecule has 0 radical (unpaired) electrons. The van der Waals surface area contributed by atoms with Crippen molar-refractivity contribution in [3.05, 3.63) is 0 Å². The second-order valence-electron chi connectivity index (χ2n) is 4.99. The minimum Gasteiger partial charge on any atom is -0.388 e. The standard InChI is InChI=1S/C13H24O6/c1-3-4-5-6-9(14)7-18-13-12(17)11(16)10(15)8(2)19-13/h8,10-13,15-17H,3-7H2,1-2H3/t8-,10+,11+,12-,13-/m0/s1. The van der Waals surface area contributed by atoms with Crippen LogP contribution in [0, 0.1) is 0 Å². The molecule has 0 aromatic rings. The molecule has 1 fully saturated rings. The van der Waals surface area contributed by atoms with Gasteiger partial charge in [-0.2, -0.15) is 0 Å². The van der Waals surface area contributed by atoms with Crippen molar-refractivity contribution < 1.29 is 29.6 Å². The van der Waals surface area contributed by atoms with Crippen LogP contribution in [0.2, 0.25) is 0 Å². The zero-order valence-electron chi connectivity index (χ0n) is 11.5. The van der Waals surface area contributed by atoms with Crippen LogP contribution < -0.4 is 0 Å². The van der Waals surface area contributed by atoms with Gasteiger partial charge in [0.1, 0.15) is 24.9 Å². The highest BCUT2D eigenvalue weighted by Crippen LogP contribution is 2.21. The van der Waals surface area contributed by atoms with Crippen LogP contribution in [-0.4, -0.2) is 58.4 Å². The average molecular weight is 276 g/mol. The van der Waals surface area contributed by atoms with Gasteiger partial charge in [-0.15, -0.1) is 0 Å². The zero-order valence-corrected chi connectivity index (χ0v) is 11.5. The Hall–Kier alpha value is -0.530. The Labute approximate surface area is 113 Å². The Balaban J connectivity index is 2.34. The van der Waals surface area contributed by atoms with E-state index < -0.39 is 30.7 Å². The van der Waals surface area contributed by atoms with Crippen LogP contribution in [0.3, 0.4) is 0 Å². The molecule has 1 aliphatic heterocycles. The summed E-state index contributed by atoms with van der Waals surface area (Å²) >= 11 is 0. The summed E-state index contributed by atoms with van der Waals surface area (Å²) in [4.78, 5) is 11.5. The summed E-state index contributed by atoms with van der Waals surface area (Å²) in [6.45, 7) is 3.47. The molecular weight excluding hydrogens is 252 g/mol. The molecule has 1 saturated heterocycles. The van der Waals surface area contributed by atoms with E-state index in [9.17, 15) is 20.1 Å². The Bertz CT molecular complexity index is 282. The third kappa shape index (κ3) is 4.81. The molecule has 1 heterocycles. The molecule has 6 heteroatoms. The fraction of sp³-hybridized carbons (Fsp3) is 0.923. The van der Waals surface area contributed by atoms with Crippen LogP contribution in [0.5, 0.6) is 0 Å². The van der Waals surface area contributed by atoms with Crippen LogP contribution in [0.25, 0.3) is 0 Å². The van der Waals surface area contributed by atoms with Crippen molar-refractivity contribution >= 4 is 5.78 Å². The number of Topliss-reactive ketones (excluding diaryl/α,β-unsaturated/α-hetero) is 1. The fourth-order valence-corrected chi connectivity index (χ4v) is 1.97. The molecule has 5 atom stereocenters. The van der Waals surface area contributed by atoms with E-state index in [1.807, 2.05) is 0 Å². The van der Waals surface area contributed by atoms with Crippen molar-refractivity contribution in [3.63, 3.8) is 0 Å². The topological polar surface area (TPSA) is 96.2 Å². The highest BCUT2D eigenvalue weighted by atomic mass is 16.7. The van der Waals surface area contributed by atoms with Gasteiger partial charge in [-0.05, 0) is 13.3 Å². The summed E-state index contributed by atoms with van der Waals surface area (Å²) in [5, 5.41) is 28.8. The van der Waals surface area contributed by atoms with Gasteiger partial charge in [0.2, 0.25) is 0 Å².